The number of ketones is 1. The summed E-state index contributed by atoms with van der Waals surface area (Å²) in [5.74, 6) is 0.526. The summed E-state index contributed by atoms with van der Waals surface area (Å²) < 4.78 is 3.17. The molecule has 2 aliphatic rings. The number of hydrogen-bond donors (Lipinski definition) is 1. The van der Waals surface area contributed by atoms with E-state index >= 15 is 0 Å². The molecule has 0 bridgehead atoms. The van der Waals surface area contributed by atoms with Gasteiger partial charge < -0.3 is 0 Å². The fourth-order valence-corrected chi connectivity index (χ4v) is 2.38. The second-order valence-corrected chi connectivity index (χ2v) is 3.96. The monoisotopic (exact) mass is 181 g/mol. The van der Waals surface area contributed by atoms with Gasteiger partial charge in [-0.3, -0.25) is 9.52 Å². The van der Waals surface area contributed by atoms with Gasteiger partial charge in [0.25, 0.3) is 0 Å². The van der Waals surface area contributed by atoms with Crippen molar-refractivity contribution in [1.82, 2.24) is 4.72 Å². The third kappa shape index (κ3) is 1.47. The molecule has 1 heterocycles. The van der Waals surface area contributed by atoms with E-state index in [1.54, 1.807) is 11.9 Å². The van der Waals surface area contributed by atoms with Gasteiger partial charge in [-0.2, -0.15) is 0 Å². The summed E-state index contributed by atoms with van der Waals surface area (Å²) in [6, 6.07) is 0. The Morgan fingerprint density at radius 2 is 2.50 bits per heavy atom. The van der Waals surface area contributed by atoms with Gasteiger partial charge in [-0.05, 0) is 18.4 Å². The topological polar surface area (TPSA) is 29.1 Å². The quantitative estimate of drug-likeness (QED) is 0.576. The Bertz CT molecular complexity index is 257. The zero-order chi connectivity index (χ0) is 8.39. The van der Waals surface area contributed by atoms with Gasteiger partial charge in [0, 0.05) is 17.9 Å². The van der Waals surface area contributed by atoms with E-state index in [1.165, 1.54) is 4.91 Å². The van der Waals surface area contributed by atoms with Crippen molar-refractivity contribution in [2.75, 3.05) is 6.54 Å². The number of allylic oxidation sites excluding steroid dienone is 4. The summed E-state index contributed by atoms with van der Waals surface area (Å²) in [5, 5.41) is 0. The number of Topliss-reactive ketones (excluding diaryl/α,β-unsaturated/α-hetero) is 1. The number of hydrogen-bond acceptors (Lipinski definition) is 3. The van der Waals surface area contributed by atoms with Crippen LogP contribution in [-0.2, 0) is 4.79 Å². The Morgan fingerprint density at radius 3 is 3.42 bits per heavy atom. The predicted molar refractivity (Wildman–Crippen MR) is 50.5 cm³/mol. The zero-order valence-electron chi connectivity index (χ0n) is 6.75. The van der Waals surface area contributed by atoms with Gasteiger partial charge in [-0.25, -0.2) is 0 Å². The van der Waals surface area contributed by atoms with Crippen LogP contribution in [0.5, 0.6) is 0 Å². The standard InChI is InChI=1S/C9H11NOS/c11-8-5-6-10-12-9-4-2-1-3-7(8)9/h1-2,4,7,10H,3,5-6H2. The Morgan fingerprint density at radius 1 is 1.58 bits per heavy atom. The average molecular weight is 181 g/mol. The maximum atomic E-state index is 11.5. The van der Waals surface area contributed by atoms with Crippen molar-refractivity contribution >= 4 is 17.7 Å². The Hall–Kier alpha value is -0.540. The minimum absolute atomic E-state index is 0.148. The molecule has 1 unspecified atom stereocenters. The van der Waals surface area contributed by atoms with Crippen molar-refractivity contribution in [1.29, 1.82) is 0 Å². The molecule has 64 valence electrons. The van der Waals surface area contributed by atoms with E-state index in [2.05, 4.69) is 10.8 Å². The van der Waals surface area contributed by atoms with Gasteiger partial charge in [-0.15, -0.1) is 0 Å². The number of fused-ring (bicyclic) bond motifs is 1. The van der Waals surface area contributed by atoms with Crippen molar-refractivity contribution < 1.29 is 4.79 Å². The minimum Gasteiger partial charge on any atom is -0.299 e. The third-order valence-corrected chi connectivity index (χ3v) is 3.17. The van der Waals surface area contributed by atoms with Gasteiger partial charge in [0.2, 0.25) is 0 Å². The van der Waals surface area contributed by atoms with Crippen LogP contribution in [0.25, 0.3) is 0 Å². The molecule has 1 saturated heterocycles. The van der Waals surface area contributed by atoms with Crippen molar-refractivity contribution in [3.63, 3.8) is 0 Å². The fourth-order valence-electron chi connectivity index (χ4n) is 1.49. The van der Waals surface area contributed by atoms with Crippen LogP contribution in [0.4, 0.5) is 0 Å². The van der Waals surface area contributed by atoms with Crippen molar-refractivity contribution in [2.45, 2.75) is 12.8 Å². The smallest absolute Gasteiger partial charge is 0.142 e. The number of rotatable bonds is 0. The largest absolute Gasteiger partial charge is 0.299 e. The summed E-state index contributed by atoms with van der Waals surface area (Å²) in [4.78, 5) is 12.7. The van der Waals surface area contributed by atoms with E-state index in [4.69, 9.17) is 0 Å². The maximum absolute atomic E-state index is 11.5. The number of nitrogens with one attached hydrogen (secondary N) is 1. The highest BCUT2D eigenvalue weighted by atomic mass is 32.2. The first-order chi connectivity index (χ1) is 5.88. The van der Waals surface area contributed by atoms with Crippen molar-refractivity contribution in [2.24, 2.45) is 5.92 Å². The number of carbonyl (C=O) groups excluding carboxylic acids is 1. The highest BCUT2D eigenvalue weighted by Gasteiger charge is 2.25. The lowest BCUT2D eigenvalue weighted by Crippen LogP contribution is -2.15. The molecule has 1 fully saturated rings. The first kappa shape index (κ1) is 8.08. The summed E-state index contributed by atoms with van der Waals surface area (Å²) in [6.45, 7) is 0.803. The van der Waals surface area contributed by atoms with Crippen LogP contribution >= 0.6 is 11.9 Å². The summed E-state index contributed by atoms with van der Waals surface area (Å²) in [6.07, 6.45) is 7.69. The molecule has 1 aliphatic carbocycles. The molecule has 12 heavy (non-hydrogen) atoms. The molecule has 0 aromatic carbocycles. The van der Waals surface area contributed by atoms with Crippen LogP contribution in [0, 0.1) is 5.92 Å². The first-order valence-electron chi connectivity index (χ1n) is 4.17. The molecule has 2 nitrogen and oxygen atoms in total. The van der Waals surface area contributed by atoms with Gasteiger partial charge in [-0.1, -0.05) is 18.2 Å². The zero-order valence-corrected chi connectivity index (χ0v) is 7.56. The molecule has 3 heteroatoms. The highest BCUT2D eigenvalue weighted by Crippen LogP contribution is 2.31. The van der Waals surface area contributed by atoms with Gasteiger partial charge in [0.05, 0.1) is 5.92 Å². The second-order valence-electron chi connectivity index (χ2n) is 3.00. The van der Waals surface area contributed by atoms with Gasteiger partial charge >= 0.3 is 0 Å². The molecule has 0 amide bonds. The number of carbonyl (C=O) groups is 1. The normalized spacial score (nSPS) is 29.2. The Kier molecular flexibility index (Phi) is 2.33. The Labute approximate surface area is 76.2 Å². The fraction of sp³-hybridized carbons (Fsp3) is 0.444. The molecule has 1 aliphatic heterocycles. The lowest BCUT2D eigenvalue weighted by molar-refractivity contribution is -0.121. The third-order valence-electron chi connectivity index (χ3n) is 2.16. The van der Waals surface area contributed by atoms with E-state index in [1.807, 2.05) is 12.2 Å². The average Bonchev–Trinajstić information content (AvgIpc) is 2.29. The molecule has 0 aromatic rings. The Balaban J connectivity index is 2.23. The first-order valence-corrected chi connectivity index (χ1v) is 4.99. The highest BCUT2D eigenvalue weighted by molar-refractivity contribution is 8.01. The van der Waals surface area contributed by atoms with E-state index in [-0.39, 0.29) is 5.92 Å². The SMILES string of the molecule is O=C1CCNSC2=CC=CCC12. The molecule has 2 rings (SSSR count). The van der Waals surface area contributed by atoms with E-state index in [0.29, 0.717) is 12.2 Å². The molecule has 1 atom stereocenters. The second kappa shape index (κ2) is 3.46. The predicted octanol–water partition coefficient (Wildman–Crippen LogP) is 1.66. The summed E-state index contributed by atoms with van der Waals surface area (Å²) >= 11 is 1.61. The van der Waals surface area contributed by atoms with Crippen LogP contribution < -0.4 is 4.72 Å². The molecule has 0 aromatic heterocycles. The van der Waals surface area contributed by atoms with Crippen LogP contribution in [0.15, 0.2) is 23.1 Å². The lowest BCUT2D eigenvalue weighted by atomic mass is 9.94. The maximum Gasteiger partial charge on any atom is 0.142 e. The molecule has 0 radical (unpaired) electrons. The van der Waals surface area contributed by atoms with Crippen molar-refractivity contribution in [3.8, 4) is 0 Å². The van der Waals surface area contributed by atoms with Crippen molar-refractivity contribution in [3.05, 3.63) is 23.1 Å². The molecule has 0 spiro atoms. The van der Waals surface area contributed by atoms with E-state index < -0.39 is 0 Å². The van der Waals surface area contributed by atoms with E-state index in [9.17, 15) is 4.79 Å². The van der Waals surface area contributed by atoms with Crippen LogP contribution in [0.2, 0.25) is 0 Å². The molecule has 0 saturated carbocycles. The summed E-state index contributed by atoms with van der Waals surface area (Å²) in [7, 11) is 0. The minimum atomic E-state index is 0.148. The van der Waals surface area contributed by atoms with Crippen LogP contribution in [0.1, 0.15) is 12.8 Å². The van der Waals surface area contributed by atoms with Crippen LogP contribution in [0.3, 0.4) is 0 Å². The van der Waals surface area contributed by atoms with Gasteiger partial charge in [0.1, 0.15) is 5.78 Å². The molecular weight excluding hydrogens is 170 g/mol. The lowest BCUT2D eigenvalue weighted by Gasteiger charge is -2.15. The molecule has 1 N–H and O–H groups in total. The van der Waals surface area contributed by atoms with Gasteiger partial charge in [0.15, 0.2) is 0 Å². The molecular formula is C9H11NOS. The van der Waals surface area contributed by atoms with E-state index in [0.717, 1.165) is 13.0 Å². The summed E-state index contributed by atoms with van der Waals surface area (Å²) in [5.41, 5.74) is 0. The van der Waals surface area contributed by atoms with Crippen LogP contribution in [-0.4, -0.2) is 12.3 Å².